The highest BCUT2D eigenvalue weighted by atomic mass is 19.1. The van der Waals surface area contributed by atoms with Crippen molar-refractivity contribution >= 4 is 70.4 Å². The molecule has 90 heavy (non-hydrogen) atoms. The highest BCUT2D eigenvalue weighted by Crippen LogP contribution is 2.61. The zero-order valence-corrected chi connectivity index (χ0v) is 50.8. The van der Waals surface area contributed by atoms with Crippen LogP contribution in [0.5, 0.6) is 0 Å². The van der Waals surface area contributed by atoms with E-state index in [0.717, 1.165) is 86.5 Å². The fourth-order valence-corrected chi connectivity index (χ4v) is 13.8. The van der Waals surface area contributed by atoms with E-state index in [-0.39, 0.29) is 57.8 Å². The lowest BCUT2D eigenvalue weighted by Gasteiger charge is -2.26. The van der Waals surface area contributed by atoms with Crippen molar-refractivity contribution in [1.82, 2.24) is 40.9 Å². The number of nitrogens with zero attached hydrogens (tertiary/aromatic N) is 4. The number of ketones is 4. The number of rotatable bonds is 19. The number of alkyl halides is 1. The molecule has 0 bridgehead atoms. The van der Waals surface area contributed by atoms with Crippen molar-refractivity contribution in [2.24, 2.45) is 21.7 Å². The van der Waals surface area contributed by atoms with E-state index in [9.17, 15) is 61.9 Å². The van der Waals surface area contributed by atoms with Crippen LogP contribution >= 0.6 is 0 Å². The van der Waals surface area contributed by atoms with Crippen LogP contribution in [-0.2, 0) is 83.7 Å². The molecule has 6 saturated carbocycles. The molecule has 8 amide bonds. The lowest BCUT2D eigenvalue weighted by Crippen LogP contribution is -2.49. The lowest BCUT2D eigenvalue weighted by atomic mass is 9.93. The minimum Gasteiger partial charge on any atom is -0.353 e. The van der Waals surface area contributed by atoms with Gasteiger partial charge in [0.2, 0.25) is 46.8 Å². The molecular formula is C69H77FN8O12. The number of hydrogen-bond donors (Lipinski definition) is 4. The Balaban J connectivity index is 0.000000124. The van der Waals surface area contributed by atoms with Gasteiger partial charge in [0.15, 0.2) is 0 Å². The standard InChI is InChI=1S/C18H19FN2O3.C18H20N2O3.C17H20N2O3.C16H18N2O3/c19-12-8-13(12)20-17(24)15(23)16-18(6-7-18)9-14(22)21(16)10-11-4-2-1-3-5-11;21-14-10-18(8-9-18)16(15(22)17(23)19-13-6-7-13)20(14)11-12-4-2-1-3-5-12;1-2-18-16(22)14(21)15-17(8-9-17)10-13(20)19(15)11-12-6-4-3-5-7-12;1-17-15(21)13(20)14-16(7-8-16)9-12(19)18(14)10-11-5-3-2-4-6-11/h1-5,12-13,16H,6-10H2,(H,20,24);1-5,13,16H,6-11H2,(H,19,23);3-7,15H,2,8-11H2,1H3,(H,18,22);2-6,14H,7-10H2,1H3,(H,17,21)/t12-,13+,16?;;;/m0.../s1. The predicted octanol–water partition coefficient (Wildman–Crippen LogP) is 4.93. The van der Waals surface area contributed by atoms with Crippen LogP contribution in [0.2, 0.25) is 0 Å². The molecular weight excluding hydrogens is 1150 g/mol. The molecule has 0 aromatic heterocycles. The minimum atomic E-state index is -1.05. The Morgan fingerprint density at radius 1 is 0.422 bits per heavy atom. The van der Waals surface area contributed by atoms with Crippen molar-refractivity contribution in [3.63, 3.8) is 0 Å². The van der Waals surface area contributed by atoms with Gasteiger partial charge >= 0.3 is 0 Å². The van der Waals surface area contributed by atoms with Gasteiger partial charge in [0.25, 0.3) is 23.6 Å². The van der Waals surface area contributed by atoms with E-state index in [1.807, 2.05) is 121 Å². The third-order valence-electron chi connectivity index (χ3n) is 19.6. The van der Waals surface area contributed by atoms with Crippen molar-refractivity contribution in [1.29, 1.82) is 0 Å². The van der Waals surface area contributed by atoms with E-state index in [1.165, 1.54) is 11.9 Å². The maximum atomic E-state index is 13.0. The van der Waals surface area contributed by atoms with Crippen LogP contribution in [0.3, 0.4) is 0 Å². The van der Waals surface area contributed by atoms with Crippen LogP contribution in [-0.4, -0.2) is 146 Å². The fourth-order valence-electron chi connectivity index (χ4n) is 13.8. The molecule has 4 aromatic rings. The van der Waals surface area contributed by atoms with Gasteiger partial charge in [0.05, 0.1) is 6.04 Å². The maximum absolute atomic E-state index is 13.0. The van der Waals surface area contributed by atoms with E-state index in [0.29, 0.717) is 58.4 Å². The van der Waals surface area contributed by atoms with Gasteiger partial charge in [-0.1, -0.05) is 121 Å². The largest absolute Gasteiger partial charge is 0.353 e. The van der Waals surface area contributed by atoms with E-state index in [2.05, 4.69) is 21.3 Å². The summed E-state index contributed by atoms with van der Waals surface area (Å²) in [5.74, 6) is -4.61. The van der Waals surface area contributed by atoms with Crippen molar-refractivity contribution in [2.45, 2.75) is 172 Å². The van der Waals surface area contributed by atoms with E-state index in [4.69, 9.17) is 0 Å². The van der Waals surface area contributed by atoms with Crippen LogP contribution in [0.25, 0.3) is 0 Å². The first-order chi connectivity index (χ1) is 43.2. The Kier molecular flexibility index (Phi) is 17.9. The quantitative estimate of drug-likeness (QED) is 0.0911. The third kappa shape index (κ3) is 13.5. The SMILES string of the molecule is CCNC(=O)C(=O)C1N(Cc2ccccc2)C(=O)CC12CC2.CNC(=O)C(=O)C1N(Cc2ccccc2)C(=O)CC12CC2.O=C(NC1CC1)C(=O)C1N(Cc2ccccc2)C(=O)CC12CC2.O=C(N[C@@H]1C[C@@H]1F)C(=O)C1N(Cc2ccccc2)C(=O)CC12CC2. The normalized spacial score (nSPS) is 24.8. The molecule has 4 N–H and O–H groups in total. The number of Topliss-reactive ketones (excluding diaryl/α,β-unsaturated/α-hetero) is 4. The smallest absolute Gasteiger partial charge is 0.289 e. The molecule has 20 nitrogen and oxygen atoms in total. The van der Waals surface area contributed by atoms with Crippen LogP contribution in [0.4, 0.5) is 4.39 Å². The van der Waals surface area contributed by atoms with Gasteiger partial charge in [-0.15, -0.1) is 0 Å². The van der Waals surface area contributed by atoms with Gasteiger partial charge in [-0.25, -0.2) is 4.39 Å². The highest BCUT2D eigenvalue weighted by Gasteiger charge is 2.66. The summed E-state index contributed by atoms with van der Waals surface area (Å²) >= 11 is 0. The molecule has 4 heterocycles. The topological polar surface area (TPSA) is 266 Å². The summed E-state index contributed by atoms with van der Waals surface area (Å²) in [5.41, 5.74) is 2.58. The monoisotopic (exact) mass is 1230 g/mol. The number of carbonyl (C=O) groups excluding carboxylic acids is 12. The van der Waals surface area contributed by atoms with Gasteiger partial charge in [0, 0.05) is 99.6 Å². The molecule has 472 valence electrons. The Morgan fingerprint density at radius 2 is 0.689 bits per heavy atom. The van der Waals surface area contributed by atoms with Crippen molar-refractivity contribution in [3.8, 4) is 0 Å². The van der Waals surface area contributed by atoms with Gasteiger partial charge in [0.1, 0.15) is 30.3 Å². The van der Waals surface area contributed by atoms with E-state index >= 15 is 0 Å². The summed E-state index contributed by atoms with van der Waals surface area (Å²) in [5, 5.41) is 10.2. The second-order valence-electron chi connectivity index (χ2n) is 26.3. The number of amides is 8. The van der Waals surface area contributed by atoms with Crippen molar-refractivity contribution < 1.29 is 61.9 Å². The second kappa shape index (κ2) is 25.6. The summed E-state index contributed by atoms with van der Waals surface area (Å²) in [4.78, 5) is 154. The zero-order valence-electron chi connectivity index (χ0n) is 50.8. The van der Waals surface area contributed by atoms with Gasteiger partial charge in [-0.3, -0.25) is 57.5 Å². The fraction of sp³-hybridized carbons (Fsp3) is 0.478. The summed E-state index contributed by atoms with van der Waals surface area (Å²) in [7, 11) is 1.44. The molecule has 4 unspecified atom stereocenters. The summed E-state index contributed by atoms with van der Waals surface area (Å²) in [6, 6.07) is 35.3. The van der Waals surface area contributed by atoms with E-state index in [1.54, 1.807) is 21.6 Å². The molecule has 4 aliphatic heterocycles. The summed E-state index contributed by atoms with van der Waals surface area (Å²) < 4.78 is 13.0. The first kappa shape index (κ1) is 62.8. The van der Waals surface area contributed by atoms with Crippen molar-refractivity contribution in [3.05, 3.63) is 144 Å². The Labute approximate surface area is 521 Å². The molecule has 21 heteroatoms. The molecule has 10 fully saturated rings. The Hall–Kier alpha value is -8.75. The van der Waals surface area contributed by atoms with Crippen LogP contribution in [0.15, 0.2) is 121 Å². The van der Waals surface area contributed by atoms with Crippen LogP contribution in [0.1, 0.15) is 125 Å². The summed E-state index contributed by atoms with van der Waals surface area (Å²) in [6.45, 7) is 3.68. The molecule has 0 radical (unpaired) electrons. The summed E-state index contributed by atoms with van der Waals surface area (Å²) in [6.07, 6.45) is 9.25. The molecule has 6 atom stereocenters. The van der Waals surface area contributed by atoms with E-state index < -0.39 is 83.1 Å². The first-order valence-corrected chi connectivity index (χ1v) is 31.5. The highest BCUT2D eigenvalue weighted by molar-refractivity contribution is 6.40. The first-order valence-electron chi connectivity index (χ1n) is 31.5. The number of carbonyl (C=O) groups is 12. The van der Waals surface area contributed by atoms with Crippen molar-refractivity contribution in [2.75, 3.05) is 13.6 Å². The molecule has 4 spiro atoms. The number of halogens is 1. The molecule has 4 saturated heterocycles. The van der Waals surface area contributed by atoms with Gasteiger partial charge in [-0.2, -0.15) is 0 Å². The number of benzene rings is 4. The van der Waals surface area contributed by atoms with Gasteiger partial charge in [-0.05, 0) is 93.4 Å². The van der Waals surface area contributed by atoms with Crippen LogP contribution in [0, 0.1) is 21.7 Å². The minimum absolute atomic E-state index is 0.0103. The van der Waals surface area contributed by atoms with Crippen LogP contribution < -0.4 is 21.3 Å². The number of nitrogens with one attached hydrogen (secondary N) is 4. The lowest BCUT2D eigenvalue weighted by molar-refractivity contribution is -0.144. The van der Waals surface area contributed by atoms with Gasteiger partial charge < -0.3 is 40.9 Å². The number of likely N-dealkylation sites (N-methyl/N-ethyl adjacent to an activating group) is 2. The molecule has 4 aromatic carbocycles. The number of likely N-dealkylation sites (tertiary alicyclic amines) is 4. The average molecular weight is 1230 g/mol. The Bertz CT molecular complexity index is 3480. The second-order valence-corrected chi connectivity index (χ2v) is 26.3. The number of hydrogen-bond acceptors (Lipinski definition) is 12. The third-order valence-corrected chi connectivity index (χ3v) is 19.6. The average Bonchev–Trinajstić information content (AvgIpc) is 1.61. The Morgan fingerprint density at radius 3 is 0.933 bits per heavy atom. The molecule has 6 aliphatic carbocycles. The molecule has 14 rings (SSSR count). The molecule has 10 aliphatic rings. The zero-order chi connectivity index (χ0) is 63.7. The maximum Gasteiger partial charge on any atom is 0.289 e. The predicted molar refractivity (Wildman–Crippen MR) is 324 cm³/mol.